The van der Waals surface area contributed by atoms with Crippen LogP contribution in [0.15, 0.2) is 18.2 Å². The molecule has 1 amide bonds. The maximum absolute atomic E-state index is 12.8. The number of primary sulfonamides is 1. The van der Waals surface area contributed by atoms with Gasteiger partial charge >= 0.3 is 0 Å². The number of nitrogens with two attached hydrogens (primary N) is 1. The maximum atomic E-state index is 12.8. The van der Waals surface area contributed by atoms with E-state index in [0.717, 1.165) is 0 Å². The van der Waals surface area contributed by atoms with Crippen LogP contribution in [0.4, 0.5) is 0 Å². The largest absolute Gasteiger partial charge is 0.486 e. The predicted molar refractivity (Wildman–Crippen MR) is 87.7 cm³/mol. The lowest BCUT2D eigenvalue weighted by Crippen LogP contribution is -2.50. The van der Waals surface area contributed by atoms with Crippen molar-refractivity contribution in [2.24, 2.45) is 5.14 Å². The molecule has 2 aliphatic rings. The molecule has 0 aliphatic carbocycles. The summed E-state index contributed by atoms with van der Waals surface area (Å²) in [4.78, 5) is 16.5. The van der Waals surface area contributed by atoms with Crippen molar-refractivity contribution < 1.29 is 22.7 Å². The van der Waals surface area contributed by atoms with Gasteiger partial charge in [0.2, 0.25) is 10.0 Å². The van der Waals surface area contributed by atoms with Crippen molar-refractivity contribution in [3.63, 3.8) is 0 Å². The van der Waals surface area contributed by atoms with Gasteiger partial charge in [-0.1, -0.05) is 6.07 Å². The van der Waals surface area contributed by atoms with E-state index in [1.807, 2.05) is 4.90 Å². The van der Waals surface area contributed by atoms with Crippen LogP contribution in [0.2, 0.25) is 0 Å². The van der Waals surface area contributed by atoms with Crippen LogP contribution >= 0.6 is 0 Å². The lowest BCUT2D eigenvalue weighted by Gasteiger charge is -2.35. The highest BCUT2D eigenvalue weighted by Crippen LogP contribution is 2.34. The number of para-hydroxylation sites is 1. The first-order valence-corrected chi connectivity index (χ1v) is 9.56. The number of fused-ring (bicyclic) bond motifs is 1. The van der Waals surface area contributed by atoms with Crippen LogP contribution in [-0.2, 0) is 10.0 Å². The molecule has 2 heterocycles. The Morgan fingerprint density at radius 1 is 1.12 bits per heavy atom. The molecule has 1 fully saturated rings. The number of hydrogen-bond acceptors (Lipinski definition) is 6. The molecular weight excluding hydrogens is 334 g/mol. The second-order valence-electron chi connectivity index (χ2n) is 5.83. The molecule has 0 unspecified atom stereocenters. The van der Waals surface area contributed by atoms with E-state index >= 15 is 0 Å². The fourth-order valence-electron chi connectivity index (χ4n) is 2.84. The van der Waals surface area contributed by atoms with Gasteiger partial charge in [0.05, 0.1) is 11.3 Å². The van der Waals surface area contributed by atoms with E-state index in [1.165, 1.54) is 0 Å². The van der Waals surface area contributed by atoms with E-state index in [9.17, 15) is 13.2 Å². The average molecular weight is 355 g/mol. The van der Waals surface area contributed by atoms with Crippen molar-refractivity contribution in [3.05, 3.63) is 23.8 Å². The Morgan fingerprint density at radius 2 is 1.83 bits per heavy atom. The van der Waals surface area contributed by atoms with Gasteiger partial charge in [0.15, 0.2) is 11.5 Å². The van der Waals surface area contributed by atoms with Crippen molar-refractivity contribution in [3.8, 4) is 11.5 Å². The van der Waals surface area contributed by atoms with Gasteiger partial charge in [-0.2, -0.15) is 0 Å². The molecule has 1 aromatic carbocycles. The molecule has 0 spiro atoms. The third kappa shape index (κ3) is 3.97. The minimum Gasteiger partial charge on any atom is -0.486 e. The monoisotopic (exact) mass is 355 g/mol. The third-order valence-corrected chi connectivity index (χ3v) is 4.90. The topological polar surface area (TPSA) is 102 Å². The molecule has 0 atom stereocenters. The Labute approximate surface area is 141 Å². The second kappa shape index (κ2) is 6.96. The number of benzene rings is 1. The Kier molecular flexibility index (Phi) is 4.93. The Balaban J connectivity index is 1.62. The minimum absolute atomic E-state index is 0.0711. The molecule has 8 nitrogen and oxygen atoms in total. The normalized spacial score (nSPS) is 18.5. The summed E-state index contributed by atoms with van der Waals surface area (Å²) in [6.07, 6.45) is 0. The average Bonchev–Trinajstić information content (AvgIpc) is 2.59. The summed E-state index contributed by atoms with van der Waals surface area (Å²) in [5.41, 5.74) is 0.505. The molecular formula is C15H21N3O5S. The molecule has 1 saturated heterocycles. The van der Waals surface area contributed by atoms with Crippen LogP contribution in [0.25, 0.3) is 0 Å². The van der Waals surface area contributed by atoms with Crippen LogP contribution in [0.1, 0.15) is 10.4 Å². The first kappa shape index (κ1) is 17.0. The zero-order valence-electron chi connectivity index (χ0n) is 13.3. The number of ether oxygens (including phenoxy) is 2. The summed E-state index contributed by atoms with van der Waals surface area (Å²) in [6.45, 7) is 3.60. The molecule has 1 aromatic rings. The summed E-state index contributed by atoms with van der Waals surface area (Å²) in [7, 11) is -3.46. The highest BCUT2D eigenvalue weighted by atomic mass is 32.2. The van der Waals surface area contributed by atoms with Crippen LogP contribution in [-0.4, -0.2) is 75.8 Å². The smallest absolute Gasteiger partial charge is 0.257 e. The van der Waals surface area contributed by atoms with E-state index in [4.69, 9.17) is 14.6 Å². The standard InChI is InChI=1S/C15H21N3O5S/c16-24(20,21)11-8-17-4-6-18(7-5-17)15(19)12-2-1-3-13-14(12)23-10-9-22-13/h1-3H,4-11H2,(H2,16,20,21). The Hall–Kier alpha value is -1.84. The van der Waals surface area contributed by atoms with Gasteiger partial charge in [0, 0.05) is 32.7 Å². The number of sulfonamides is 1. The summed E-state index contributed by atoms with van der Waals surface area (Å²) in [5.74, 6) is 0.936. The summed E-state index contributed by atoms with van der Waals surface area (Å²) in [6, 6.07) is 5.31. The fourth-order valence-corrected chi connectivity index (χ4v) is 3.36. The summed E-state index contributed by atoms with van der Waals surface area (Å²) in [5, 5.41) is 5.02. The van der Waals surface area contributed by atoms with Crippen LogP contribution in [0, 0.1) is 0 Å². The number of amides is 1. The molecule has 9 heteroatoms. The maximum Gasteiger partial charge on any atom is 0.257 e. The van der Waals surface area contributed by atoms with E-state index in [-0.39, 0.29) is 11.7 Å². The fraction of sp³-hybridized carbons (Fsp3) is 0.533. The van der Waals surface area contributed by atoms with Crippen LogP contribution in [0.5, 0.6) is 11.5 Å². The molecule has 2 aliphatic heterocycles. The molecule has 0 bridgehead atoms. The predicted octanol–water partition coefficient (Wildman–Crippen LogP) is -0.496. The molecule has 0 saturated carbocycles. The van der Waals surface area contributed by atoms with E-state index in [0.29, 0.717) is 63.0 Å². The van der Waals surface area contributed by atoms with Gasteiger partial charge in [-0.05, 0) is 12.1 Å². The van der Waals surface area contributed by atoms with Gasteiger partial charge < -0.3 is 14.4 Å². The van der Waals surface area contributed by atoms with E-state index < -0.39 is 10.0 Å². The Morgan fingerprint density at radius 3 is 2.54 bits per heavy atom. The number of piperazine rings is 1. The first-order valence-electron chi connectivity index (χ1n) is 7.85. The second-order valence-corrected chi connectivity index (χ2v) is 7.56. The minimum atomic E-state index is -3.46. The zero-order valence-corrected chi connectivity index (χ0v) is 14.1. The highest BCUT2D eigenvalue weighted by molar-refractivity contribution is 7.89. The molecule has 0 aromatic heterocycles. The number of rotatable bonds is 4. The van der Waals surface area contributed by atoms with E-state index in [1.54, 1.807) is 23.1 Å². The lowest BCUT2D eigenvalue weighted by atomic mass is 10.1. The van der Waals surface area contributed by atoms with Gasteiger partial charge in [-0.15, -0.1) is 0 Å². The van der Waals surface area contributed by atoms with Gasteiger partial charge in [0.25, 0.3) is 5.91 Å². The van der Waals surface area contributed by atoms with E-state index in [2.05, 4.69) is 0 Å². The van der Waals surface area contributed by atoms with Crippen molar-refractivity contribution in [2.45, 2.75) is 0 Å². The quantitative estimate of drug-likeness (QED) is 0.781. The molecule has 0 radical (unpaired) electrons. The lowest BCUT2D eigenvalue weighted by molar-refractivity contribution is 0.0634. The van der Waals surface area contributed by atoms with Crippen LogP contribution in [0.3, 0.4) is 0 Å². The number of carbonyl (C=O) groups excluding carboxylic acids is 1. The van der Waals surface area contributed by atoms with Crippen molar-refractivity contribution in [1.82, 2.24) is 9.80 Å². The number of carbonyl (C=O) groups is 1. The zero-order chi connectivity index (χ0) is 17.2. The SMILES string of the molecule is NS(=O)(=O)CCN1CCN(C(=O)c2cccc3c2OCCO3)CC1. The van der Waals surface area contributed by atoms with Crippen molar-refractivity contribution in [1.29, 1.82) is 0 Å². The number of hydrogen-bond donors (Lipinski definition) is 1. The van der Waals surface area contributed by atoms with Crippen LogP contribution < -0.4 is 14.6 Å². The third-order valence-electron chi connectivity index (χ3n) is 4.15. The Bertz CT molecular complexity index is 714. The molecule has 24 heavy (non-hydrogen) atoms. The van der Waals surface area contributed by atoms with Gasteiger partial charge in [-0.25, -0.2) is 13.6 Å². The van der Waals surface area contributed by atoms with Crippen molar-refractivity contribution in [2.75, 3.05) is 51.7 Å². The van der Waals surface area contributed by atoms with Crippen molar-refractivity contribution >= 4 is 15.9 Å². The molecule has 3 rings (SSSR count). The highest BCUT2D eigenvalue weighted by Gasteiger charge is 2.27. The first-order chi connectivity index (χ1) is 11.4. The number of nitrogens with zero attached hydrogens (tertiary/aromatic N) is 2. The molecule has 132 valence electrons. The van der Waals surface area contributed by atoms with Gasteiger partial charge in [0.1, 0.15) is 13.2 Å². The summed E-state index contributed by atoms with van der Waals surface area (Å²) < 4.78 is 33.2. The molecule has 2 N–H and O–H groups in total. The summed E-state index contributed by atoms with van der Waals surface area (Å²) >= 11 is 0. The van der Waals surface area contributed by atoms with Gasteiger partial charge in [-0.3, -0.25) is 9.69 Å².